The van der Waals surface area contributed by atoms with E-state index in [4.69, 9.17) is 35.3 Å². The molecule has 1 N–H and O–H groups in total. The lowest BCUT2D eigenvalue weighted by Gasteiger charge is -2.27. The highest BCUT2D eigenvalue weighted by atomic mass is 127. The van der Waals surface area contributed by atoms with Crippen molar-refractivity contribution in [3.63, 3.8) is 0 Å². The number of nitrogens with one attached hydrogen (secondary N) is 1. The van der Waals surface area contributed by atoms with E-state index in [9.17, 15) is 9.59 Å². The number of halogens is 2. The lowest BCUT2D eigenvalue weighted by atomic mass is 10.0. The van der Waals surface area contributed by atoms with E-state index >= 15 is 0 Å². The zero-order chi connectivity index (χ0) is 29.6. The average Bonchev–Trinajstić information content (AvgIpc) is 2.94. The van der Waals surface area contributed by atoms with E-state index in [0.717, 1.165) is 37.5 Å². The molecule has 0 fully saturated rings. The van der Waals surface area contributed by atoms with E-state index in [0.29, 0.717) is 24.7 Å². The molecule has 0 radical (unpaired) electrons. The molecule has 0 bridgehead atoms. The fourth-order valence-electron chi connectivity index (χ4n) is 4.16. The van der Waals surface area contributed by atoms with Crippen molar-refractivity contribution >= 4 is 46.3 Å². The van der Waals surface area contributed by atoms with Gasteiger partial charge in [0, 0.05) is 15.9 Å². The van der Waals surface area contributed by atoms with Gasteiger partial charge in [0.2, 0.25) is 0 Å². The first kappa shape index (κ1) is 30.8. The number of ether oxygens (including phenoxy) is 5. The monoisotopic (exact) mass is 693 g/mol. The van der Waals surface area contributed by atoms with Gasteiger partial charge in [-0.15, -0.1) is 0 Å². The molecule has 0 saturated carbocycles. The van der Waals surface area contributed by atoms with Crippen molar-refractivity contribution in [2.45, 2.75) is 56.0 Å². The summed E-state index contributed by atoms with van der Waals surface area (Å²) < 4.78 is 29.2. The Hall–Kier alpha value is -3.18. The standard InChI is InChI=1S/C31H33ClINO7/c1-31(2,3)41-30(36)34-25(29(35)37-4)14-19-6-12-26-27(15-19)39-18-28(40-26)21-8-10-23(11-9-21)38-17-20-5-7-22(16-33)24(32)13-20/h5-13,15,25,28H,14,16-18H2,1-4H3,(H,34,36)/t25-,28?/m0/s1. The number of hydrogen-bond donors (Lipinski definition) is 1. The van der Waals surface area contributed by atoms with Gasteiger partial charge in [0.05, 0.1) is 7.11 Å². The Balaban J connectivity index is 1.35. The highest BCUT2D eigenvalue weighted by molar-refractivity contribution is 14.1. The molecule has 0 aliphatic carbocycles. The number of benzene rings is 3. The van der Waals surface area contributed by atoms with E-state index in [2.05, 4.69) is 27.9 Å². The zero-order valence-electron chi connectivity index (χ0n) is 23.4. The molecular formula is C31H33ClINO7. The van der Waals surface area contributed by atoms with Crippen LogP contribution in [-0.4, -0.2) is 37.4 Å². The second kappa shape index (κ2) is 13.7. The van der Waals surface area contributed by atoms with Crippen LogP contribution in [0.25, 0.3) is 0 Å². The molecular weight excluding hydrogens is 661 g/mol. The molecule has 8 nitrogen and oxygen atoms in total. The van der Waals surface area contributed by atoms with Crippen molar-refractivity contribution in [3.8, 4) is 17.2 Å². The van der Waals surface area contributed by atoms with Crippen LogP contribution in [0.15, 0.2) is 60.7 Å². The number of methoxy groups -OCH3 is 1. The maximum Gasteiger partial charge on any atom is 0.408 e. The van der Waals surface area contributed by atoms with E-state index < -0.39 is 23.7 Å². The molecule has 3 aromatic rings. The quantitative estimate of drug-likeness (QED) is 0.147. The molecule has 10 heteroatoms. The van der Waals surface area contributed by atoms with Gasteiger partial charge in [-0.3, -0.25) is 0 Å². The number of rotatable bonds is 9. The summed E-state index contributed by atoms with van der Waals surface area (Å²) in [6.07, 6.45) is -0.791. The fraction of sp³-hybridized carbons (Fsp3) is 0.355. The van der Waals surface area contributed by atoms with Gasteiger partial charge in [0.25, 0.3) is 0 Å². The van der Waals surface area contributed by atoms with Crippen molar-refractivity contribution < 1.29 is 33.3 Å². The predicted octanol–water partition coefficient (Wildman–Crippen LogP) is 6.98. The Morgan fingerprint density at radius 1 is 1.05 bits per heavy atom. The minimum Gasteiger partial charge on any atom is -0.489 e. The van der Waals surface area contributed by atoms with E-state index in [1.807, 2.05) is 48.5 Å². The summed E-state index contributed by atoms with van der Waals surface area (Å²) in [4.78, 5) is 24.6. The molecule has 2 atom stereocenters. The van der Waals surface area contributed by atoms with Crippen molar-refractivity contribution in [2.24, 2.45) is 0 Å². The number of fused-ring (bicyclic) bond motifs is 1. The lowest BCUT2D eigenvalue weighted by molar-refractivity contribution is -0.143. The Morgan fingerprint density at radius 2 is 1.78 bits per heavy atom. The second-order valence-electron chi connectivity index (χ2n) is 10.5. The Bertz CT molecular complexity index is 1370. The zero-order valence-corrected chi connectivity index (χ0v) is 26.3. The summed E-state index contributed by atoms with van der Waals surface area (Å²) in [7, 11) is 1.27. The first-order valence-electron chi connectivity index (χ1n) is 13.1. The molecule has 1 aliphatic heterocycles. The maximum absolute atomic E-state index is 12.3. The number of alkyl halides is 1. The SMILES string of the molecule is COC(=O)[C@H](Cc1ccc2c(c1)OCC(c1ccc(OCc3ccc(CI)c(Cl)c3)cc1)O2)NC(=O)OC(C)(C)C. The van der Waals surface area contributed by atoms with Crippen LogP contribution in [0.4, 0.5) is 4.79 Å². The van der Waals surface area contributed by atoms with E-state index in [1.54, 1.807) is 32.9 Å². The summed E-state index contributed by atoms with van der Waals surface area (Å²) in [5, 5.41) is 3.34. The summed E-state index contributed by atoms with van der Waals surface area (Å²) in [5.74, 6) is 1.32. The smallest absolute Gasteiger partial charge is 0.408 e. The Morgan fingerprint density at radius 3 is 2.44 bits per heavy atom. The van der Waals surface area contributed by atoms with Crippen LogP contribution in [0.1, 0.15) is 49.1 Å². The third kappa shape index (κ3) is 8.65. The van der Waals surface area contributed by atoms with Crippen LogP contribution >= 0.6 is 34.2 Å². The molecule has 1 heterocycles. The number of carbonyl (C=O) groups excluding carboxylic acids is 2. The van der Waals surface area contributed by atoms with Crippen molar-refractivity contribution in [2.75, 3.05) is 13.7 Å². The average molecular weight is 694 g/mol. The predicted molar refractivity (Wildman–Crippen MR) is 164 cm³/mol. The van der Waals surface area contributed by atoms with E-state index in [1.165, 1.54) is 7.11 Å². The van der Waals surface area contributed by atoms with Crippen LogP contribution < -0.4 is 19.5 Å². The lowest BCUT2D eigenvalue weighted by Crippen LogP contribution is -2.45. The van der Waals surface area contributed by atoms with Gasteiger partial charge >= 0.3 is 12.1 Å². The van der Waals surface area contributed by atoms with Crippen LogP contribution in [0.2, 0.25) is 5.02 Å². The van der Waals surface area contributed by atoms with Gasteiger partial charge < -0.3 is 29.0 Å². The second-order valence-corrected chi connectivity index (χ2v) is 11.7. The Kier molecular flexibility index (Phi) is 10.2. The number of carbonyl (C=O) groups is 2. The third-order valence-corrected chi connectivity index (χ3v) is 7.38. The number of esters is 1. The summed E-state index contributed by atoms with van der Waals surface area (Å²) in [6.45, 7) is 5.98. The molecule has 1 aliphatic rings. The van der Waals surface area contributed by atoms with Gasteiger partial charge in [-0.25, -0.2) is 9.59 Å². The molecule has 0 saturated heterocycles. The molecule has 4 rings (SSSR count). The minimum atomic E-state index is -0.918. The molecule has 41 heavy (non-hydrogen) atoms. The maximum atomic E-state index is 12.3. The Labute approximate surface area is 258 Å². The summed E-state index contributed by atoms with van der Waals surface area (Å²) in [6, 6.07) is 18.2. The highest BCUT2D eigenvalue weighted by Gasteiger charge is 2.27. The number of alkyl carbamates (subject to hydrolysis) is 1. The molecule has 1 amide bonds. The van der Waals surface area contributed by atoms with E-state index in [-0.39, 0.29) is 12.5 Å². The largest absolute Gasteiger partial charge is 0.489 e. The van der Waals surface area contributed by atoms with Crippen molar-refractivity contribution in [1.29, 1.82) is 0 Å². The molecule has 1 unspecified atom stereocenters. The van der Waals surface area contributed by atoms with Crippen molar-refractivity contribution in [3.05, 3.63) is 87.9 Å². The number of hydrogen-bond acceptors (Lipinski definition) is 7. The van der Waals surface area contributed by atoms with Gasteiger partial charge in [-0.1, -0.05) is 64.5 Å². The van der Waals surface area contributed by atoms with Crippen LogP contribution in [0.3, 0.4) is 0 Å². The van der Waals surface area contributed by atoms with Gasteiger partial charge in [-0.2, -0.15) is 0 Å². The minimum absolute atomic E-state index is 0.196. The normalized spacial score (nSPS) is 15.0. The molecule has 0 aromatic heterocycles. The van der Waals surface area contributed by atoms with Crippen LogP contribution in [0.5, 0.6) is 17.2 Å². The van der Waals surface area contributed by atoms with Crippen LogP contribution in [0, 0.1) is 0 Å². The number of amides is 1. The van der Waals surface area contributed by atoms with Crippen molar-refractivity contribution in [1.82, 2.24) is 5.32 Å². The molecule has 218 valence electrons. The molecule has 3 aromatic carbocycles. The van der Waals surface area contributed by atoms with Gasteiger partial charge in [0.1, 0.15) is 30.6 Å². The summed E-state index contributed by atoms with van der Waals surface area (Å²) in [5.41, 5.74) is 3.14. The first-order chi connectivity index (χ1) is 19.5. The van der Waals surface area contributed by atoms with Crippen LogP contribution in [-0.2, 0) is 31.7 Å². The fourth-order valence-corrected chi connectivity index (χ4v) is 5.32. The third-order valence-electron chi connectivity index (χ3n) is 6.20. The first-order valence-corrected chi connectivity index (χ1v) is 15.0. The topological polar surface area (TPSA) is 92.3 Å². The molecule has 0 spiro atoms. The van der Waals surface area contributed by atoms with Gasteiger partial charge in [0.15, 0.2) is 17.6 Å². The van der Waals surface area contributed by atoms with Gasteiger partial charge in [-0.05, 0) is 73.4 Å². The summed E-state index contributed by atoms with van der Waals surface area (Å²) >= 11 is 8.61. The highest BCUT2D eigenvalue weighted by Crippen LogP contribution is 2.37.